The molecule has 0 radical (unpaired) electrons. The lowest BCUT2D eigenvalue weighted by atomic mass is 10.1. The Morgan fingerprint density at radius 3 is 2.68 bits per heavy atom. The molecule has 130 valence electrons. The normalized spacial score (nSPS) is 12.2. The Bertz CT molecular complexity index is 871. The highest BCUT2D eigenvalue weighted by Gasteiger charge is 2.27. The molecule has 3 rings (SSSR count). The van der Waals surface area contributed by atoms with Gasteiger partial charge in [-0.2, -0.15) is 0 Å². The van der Waals surface area contributed by atoms with Crippen LogP contribution < -0.4 is 5.32 Å². The summed E-state index contributed by atoms with van der Waals surface area (Å²) in [6, 6.07) is 6.59. The molecule has 0 aliphatic rings. The van der Waals surface area contributed by atoms with Crippen LogP contribution in [-0.2, 0) is 6.54 Å². The number of hydrogen-bond acceptors (Lipinski definition) is 5. The van der Waals surface area contributed by atoms with Crippen LogP contribution in [0, 0.1) is 11.6 Å². The number of carbonyl (C=O) groups is 1. The Kier molecular flexibility index (Phi) is 4.91. The van der Waals surface area contributed by atoms with Crippen molar-refractivity contribution in [1.29, 1.82) is 0 Å². The van der Waals surface area contributed by atoms with Crippen molar-refractivity contribution in [2.75, 3.05) is 0 Å². The van der Waals surface area contributed by atoms with Crippen LogP contribution in [0.2, 0.25) is 0 Å². The Morgan fingerprint density at radius 1 is 1.36 bits per heavy atom. The molecular weight excluding hydrogens is 350 g/mol. The number of aliphatic hydroxyl groups excluding tert-OH is 1. The molecule has 1 amide bonds. The van der Waals surface area contributed by atoms with E-state index in [1.54, 1.807) is 12.1 Å². The molecule has 0 bridgehead atoms. The second kappa shape index (κ2) is 7.12. The number of thiophene rings is 1. The second-order valence-corrected chi connectivity index (χ2v) is 6.33. The van der Waals surface area contributed by atoms with E-state index in [-0.39, 0.29) is 23.4 Å². The highest BCUT2D eigenvalue weighted by molar-refractivity contribution is 7.13. The van der Waals surface area contributed by atoms with Crippen molar-refractivity contribution in [2.24, 2.45) is 0 Å². The van der Waals surface area contributed by atoms with E-state index in [0.717, 1.165) is 18.2 Å². The number of aromatic nitrogens is 1. The number of rotatable bonds is 5. The van der Waals surface area contributed by atoms with E-state index in [1.807, 2.05) is 5.38 Å². The fourth-order valence-corrected chi connectivity index (χ4v) is 3.08. The Balaban J connectivity index is 1.87. The summed E-state index contributed by atoms with van der Waals surface area (Å²) in [5.41, 5.74) is 0.696. The molecule has 25 heavy (non-hydrogen) atoms. The molecule has 3 aromatic rings. The van der Waals surface area contributed by atoms with Gasteiger partial charge in [-0.05, 0) is 36.1 Å². The lowest BCUT2D eigenvalue weighted by Crippen LogP contribution is -2.24. The van der Waals surface area contributed by atoms with Crippen molar-refractivity contribution in [3.63, 3.8) is 0 Å². The van der Waals surface area contributed by atoms with Gasteiger partial charge in [-0.15, -0.1) is 11.3 Å². The molecular formula is C17H14F2N2O3S. The van der Waals surface area contributed by atoms with E-state index in [4.69, 9.17) is 4.52 Å². The summed E-state index contributed by atoms with van der Waals surface area (Å²) in [7, 11) is 0. The fourth-order valence-electron chi connectivity index (χ4n) is 2.37. The SMILES string of the molecule is C[C@H](O)c1onc(-c2cccs2)c1C(=O)NCc1cc(F)cc(F)c1. The van der Waals surface area contributed by atoms with Crippen molar-refractivity contribution in [2.45, 2.75) is 19.6 Å². The van der Waals surface area contributed by atoms with Gasteiger partial charge in [-0.1, -0.05) is 11.2 Å². The van der Waals surface area contributed by atoms with Crippen molar-refractivity contribution < 1.29 is 23.2 Å². The largest absolute Gasteiger partial charge is 0.385 e. The molecule has 0 saturated carbocycles. The van der Waals surface area contributed by atoms with Crippen LogP contribution in [0.3, 0.4) is 0 Å². The molecule has 1 aromatic carbocycles. The molecule has 0 aliphatic heterocycles. The van der Waals surface area contributed by atoms with Gasteiger partial charge in [0.25, 0.3) is 5.91 Å². The van der Waals surface area contributed by atoms with E-state index in [9.17, 15) is 18.7 Å². The summed E-state index contributed by atoms with van der Waals surface area (Å²) in [6.07, 6.45) is -1.03. The third-order valence-electron chi connectivity index (χ3n) is 3.45. The Labute approximate surface area is 145 Å². The fraction of sp³-hybridized carbons (Fsp3) is 0.176. The summed E-state index contributed by atoms with van der Waals surface area (Å²) in [4.78, 5) is 13.3. The average molecular weight is 364 g/mol. The molecule has 2 aromatic heterocycles. The zero-order valence-electron chi connectivity index (χ0n) is 13.1. The van der Waals surface area contributed by atoms with E-state index in [1.165, 1.54) is 18.3 Å². The van der Waals surface area contributed by atoms with Crippen LogP contribution in [-0.4, -0.2) is 16.2 Å². The van der Waals surface area contributed by atoms with E-state index < -0.39 is 23.6 Å². The maximum absolute atomic E-state index is 13.2. The summed E-state index contributed by atoms with van der Waals surface area (Å²) >= 11 is 1.37. The number of amides is 1. The summed E-state index contributed by atoms with van der Waals surface area (Å²) in [6.45, 7) is 1.37. The third-order valence-corrected chi connectivity index (χ3v) is 4.33. The Hall–Kier alpha value is -2.58. The number of hydrogen-bond donors (Lipinski definition) is 2. The van der Waals surface area contributed by atoms with Crippen LogP contribution in [0.25, 0.3) is 10.6 Å². The highest BCUT2D eigenvalue weighted by Crippen LogP contribution is 2.31. The van der Waals surface area contributed by atoms with Gasteiger partial charge in [-0.3, -0.25) is 4.79 Å². The average Bonchev–Trinajstić information content (AvgIpc) is 3.20. The minimum atomic E-state index is -1.03. The first-order chi connectivity index (χ1) is 12.0. The molecule has 1 atom stereocenters. The first kappa shape index (κ1) is 17.2. The first-order valence-electron chi connectivity index (χ1n) is 7.40. The predicted molar refractivity (Wildman–Crippen MR) is 88.0 cm³/mol. The van der Waals surface area contributed by atoms with Gasteiger partial charge in [-0.25, -0.2) is 8.78 Å². The smallest absolute Gasteiger partial charge is 0.257 e. The molecule has 5 nitrogen and oxygen atoms in total. The summed E-state index contributed by atoms with van der Waals surface area (Å²) < 4.78 is 31.6. The van der Waals surface area contributed by atoms with E-state index >= 15 is 0 Å². The molecule has 8 heteroatoms. The second-order valence-electron chi connectivity index (χ2n) is 5.38. The topological polar surface area (TPSA) is 75.4 Å². The number of nitrogens with zero attached hydrogens (tertiary/aromatic N) is 1. The zero-order chi connectivity index (χ0) is 18.0. The monoisotopic (exact) mass is 364 g/mol. The third kappa shape index (κ3) is 3.75. The molecule has 0 saturated heterocycles. The van der Waals surface area contributed by atoms with Gasteiger partial charge in [0, 0.05) is 12.6 Å². The number of benzene rings is 1. The van der Waals surface area contributed by atoms with E-state index in [0.29, 0.717) is 10.6 Å². The molecule has 2 N–H and O–H groups in total. The van der Waals surface area contributed by atoms with Gasteiger partial charge in [0.1, 0.15) is 29.0 Å². The standard InChI is InChI=1S/C17H14F2N2O3S/c1-9(22)16-14(15(21-24-16)13-3-2-4-25-13)17(23)20-8-10-5-11(18)7-12(19)6-10/h2-7,9,22H,8H2,1H3,(H,20,23)/t9-/m0/s1. The number of aliphatic hydroxyl groups is 1. The maximum atomic E-state index is 13.2. The predicted octanol–water partition coefficient (Wildman–Crippen LogP) is 3.66. The van der Waals surface area contributed by atoms with Crippen molar-refractivity contribution in [3.8, 4) is 10.6 Å². The van der Waals surface area contributed by atoms with Crippen LogP contribution in [0.4, 0.5) is 8.78 Å². The van der Waals surface area contributed by atoms with Gasteiger partial charge in [0.15, 0.2) is 5.76 Å². The minimum Gasteiger partial charge on any atom is -0.385 e. The Morgan fingerprint density at radius 2 is 2.08 bits per heavy atom. The molecule has 2 heterocycles. The van der Waals surface area contributed by atoms with Gasteiger partial charge in [0.2, 0.25) is 0 Å². The lowest BCUT2D eigenvalue weighted by Gasteiger charge is -2.08. The van der Waals surface area contributed by atoms with Crippen molar-refractivity contribution in [1.82, 2.24) is 10.5 Å². The molecule has 0 fully saturated rings. The first-order valence-corrected chi connectivity index (χ1v) is 8.28. The van der Waals surface area contributed by atoms with Crippen LogP contribution in [0.5, 0.6) is 0 Å². The number of nitrogens with one attached hydrogen (secondary N) is 1. The van der Waals surface area contributed by atoms with Gasteiger partial charge < -0.3 is 14.9 Å². The van der Waals surface area contributed by atoms with Crippen LogP contribution in [0.15, 0.2) is 40.2 Å². The van der Waals surface area contributed by atoms with Crippen LogP contribution >= 0.6 is 11.3 Å². The summed E-state index contributed by atoms with van der Waals surface area (Å²) in [5.74, 6) is -1.96. The number of halogens is 2. The maximum Gasteiger partial charge on any atom is 0.257 e. The van der Waals surface area contributed by atoms with Crippen molar-refractivity contribution >= 4 is 17.2 Å². The molecule has 0 spiro atoms. The minimum absolute atomic E-state index is 0.0336. The summed E-state index contributed by atoms with van der Waals surface area (Å²) in [5, 5.41) is 18.1. The number of carbonyl (C=O) groups excluding carboxylic acids is 1. The van der Waals surface area contributed by atoms with Gasteiger partial charge >= 0.3 is 0 Å². The highest BCUT2D eigenvalue weighted by atomic mass is 32.1. The molecule has 0 aliphatic carbocycles. The van der Waals surface area contributed by atoms with Crippen LogP contribution in [0.1, 0.15) is 34.7 Å². The zero-order valence-corrected chi connectivity index (χ0v) is 13.9. The quantitative estimate of drug-likeness (QED) is 0.724. The molecule has 0 unspecified atom stereocenters. The van der Waals surface area contributed by atoms with Crippen molar-refractivity contribution in [3.05, 3.63) is 64.2 Å². The van der Waals surface area contributed by atoms with Gasteiger partial charge in [0.05, 0.1) is 4.88 Å². The van der Waals surface area contributed by atoms with E-state index in [2.05, 4.69) is 10.5 Å². The lowest BCUT2D eigenvalue weighted by molar-refractivity contribution is 0.0938.